The summed E-state index contributed by atoms with van der Waals surface area (Å²) in [4.78, 5) is 16.8. The van der Waals surface area contributed by atoms with E-state index < -0.39 is 0 Å². The molecule has 1 amide bonds. The van der Waals surface area contributed by atoms with Gasteiger partial charge in [-0.1, -0.05) is 24.3 Å². The highest BCUT2D eigenvalue weighted by Gasteiger charge is 2.10. The van der Waals surface area contributed by atoms with Gasteiger partial charge >= 0.3 is 0 Å². The number of amides is 1. The molecule has 25 heavy (non-hydrogen) atoms. The second kappa shape index (κ2) is 6.24. The number of hydrogen-bond donors (Lipinski definition) is 1. The fourth-order valence-corrected chi connectivity index (χ4v) is 2.76. The molecule has 4 rings (SSSR count). The van der Waals surface area contributed by atoms with E-state index in [-0.39, 0.29) is 12.3 Å². The first kappa shape index (κ1) is 15.1. The minimum absolute atomic E-state index is 0.139. The van der Waals surface area contributed by atoms with E-state index in [9.17, 15) is 4.79 Å². The van der Waals surface area contributed by atoms with E-state index in [1.54, 1.807) is 10.7 Å². The molecule has 0 radical (unpaired) electrons. The average molecular weight is 331 g/mol. The summed E-state index contributed by atoms with van der Waals surface area (Å²) in [6.45, 7) is 2.00. The number of anilines is 1. The summed E-state index contributed by atoms with van der Waals surface area (Å²) in [5.41, 5.74) is 3.63. The summed E-state index contributed by atoms with van der Waals surface area (Å²) in [5.74, 6) is 0.383. The van der Waals surface area contributed by atoms with Gasteiger partial charge in [-0.05, 0) is 30.7 Å². The fourth-order valence-electron chi connectivity index (χ4n) is 2.76. The van der Waals surface area contributed by atoms with Gasteiger partial charge in [-0.2, -0.15) is 5.10 Å². The van der Waals surface area contributed by atoms with Gasteiger partial charge < -0.3 is 9.72 Å². The van der Waals surface area contributed by atoms with Crippen LogP contribution in [0.3, 0.4) is 0 Å². The molecular weight excluding hydrogens is 314 g/mol. The van der Waals surface area contributed by atoms with Gasteiger partial charge in [-0.3, -0.25) is 4.79 Å². The molecule has 0 aliphatic carbocycles. The second-order valence-electron chi connectivity index (χ2n) is 5.86. The van der Waals surface area contributed by atoms with Crippen LogP contribution in [0.5, 0.6) is 0 Å². The number of imidazole rings is 1. The van der Waals surface area contributed by atoms with E-state index in [4.69, 9.17) is 0 Å². The van der Waals surface area contributed by atoms with E-state index in [0.29, 0.717) is 5.82 Å². The van der Waals surface area contributed by atoms with Gasteiger partial charge in [0, 0.05) is 24.7 Å². The molecule has 0 saturated heterocycles. The van der Waals surface area contributed by atoms with Crippen LogP contribution in [0.1, 0.15) is 11.3 Å². The zero-order valence-corrected chi connectivity index (χ0v) is 13.8. The lowest BCUT2D eigenvalue weighted by Gasteiger charge is -2.01. The Morgan fingerprint density at radius 1 is 1.08 bits per heavy atom. The molecule has 3 heterocycles. The quantitative estimate of drug-likeness (QED) is 0.625. The lowest BCUT2D eigenvalue weighted by atomic mass is 10.3. The maximum Gasteiger partial charge on any atom is 0.231 e. The van der Waals surface area contributed by atoms with Crippen LogP contribution in [0.15, 0.2) is 67.1 Å². The third-order valence-electron chi connectivity index (χ3n) is 3.95. The summed E-state index contributed by atoms with van der Waals surface area (Å²) in [7, 11) is 0. The number of pyridine rings is 1. The Morgan fingerprint density at radius 3 is 2.72 bits per heavy atom. The molecule has 4 aromatic rings. The van der Waals surface area contributed by atoms with Crippen LogP contribution in [0, 0.1) is 6.92 Å². The van der Waals surface area contributed by atoms with Gasteiger partial charge in [0.2, 0.25) is 5.91 Å². The minimum atomic E-state index is -0.139. The molecule has 1 aromatic carbocycles. The summed E-state index contributed by atoms with van der Waals surface area (Å²) in [6, 6.07) is 15.5. The zero-order valence-electron chi connectivity index (χ0n) is 13.8. The topological polar surface area (TPSA) is 64.2 Å². The van der Waals surface area contributed by atoms with Crippen molar-refractivity contribution in [3.8, 4) is 5.69 Å². The minimum Gasteiger partial charge on any atom is -0.309 e. The first-order valence-electron chi connectivity index (χ1n) is 8.03. The maximum atomic E-state index is 12.3. The smallest absolute Gasteiger partial charge is 0.231 e. The van der Waals surface area contributed by atoms with Crippen LogP contribution in [0.2, 0.25) is 0 Å². The van der Waals surface area contributed by atoms with Crippen molar-refractivity contribution in [1.82, 2.24) is 19.2 Å². The molecule has 124 valence electrons. The molecule has 0 aliphatic heterocycles. The van der Waals surface area contributed by atoms with Crippen LogP contribution in [-0.2, 0) is 11.2 Å². The highest BCUT2D eigenvalue weighted by atomic mass is 16.1. The maximum absolute atomic E-state index is 12.3. The number of nitrogens with zero attached hydrogens (tertiary/aromatic N) is 4. The van der Waals surface area contributed by atoms with Crippen molar-refractivity contribution in [1.29, 1.82) is 0 Å². The predicted molar refractivity (Wildman–Crippen MR) is 95.8 cm³/mol. The lowest BCUT2D eigenvalue weighted by Crippen LogP contribution is -2.15. The second-order valence-corrected chi connectivity index (χ2v) is 5.86. The molecule has 6 heteroatoms. The van der Waals surface area contributed by atoms with E-state index in [1.807, 2.05) is 72.4 Å². The largest absolute Gasteiger partial charge is 0.309 e. The number of nitrogens with one attached hydrogen (secondary N) is 1. The molecule has 3 aromatic heterocycles. The SMILES string of the molecule is Cc1cccn2cc(CC(=O)Nc3ccn(-c4ccccc4)n3)nc12. The Morgan fingerprint density at radius 2 is 1.92 bits per heavy atom. The molecule has 0 spiro atoms. The third kappa shape index (κ3) is 3.14. The first-order chi connectivity index (χ1) is 12.2. The Balaban J connectivity index is 1.47. The Kier molecular flexibility index (Phi) is 3.78. The summed E-state index contributed by atoms with van der Waals surface area (Å²) >= 11 is 0. The van der Waals surface area contributed by atoms with Gasteiger partial charge in [0.15, 0.2) is 5.82 Å². The number of hydrogen-bond acceptors (Lipinski definition) is 3. The van der Waals surface area contributed by atoms with E-state index in [1.165, 1.54) is 0 Å². The standard InChI is InChI=1S/C19H17N5O/c1-14-6-5-10-23-13-15(20-19(14)23)12-18(25)21-17-9-11-24(22-17)16-7-3-2-4-8-16/h2-11,13H,12H2,1H3,(H,21,22,25). The number of benzene rings is 1. The molecule has 0 saturated carbocycles. The van der Waals surface area contributed by atoms with Gasteiger partial charge in [-0.15, -0.1) is 0 Å². The highest BCUT2D eigenvalue weighted by molar-refractivity contribution is 5.91. The number of carbonyl (C=O) groups excluding carboxylic acids is 1. The van der Waals surface area contributed by atoms with E-state index >= 15 is 0 Å². The number of aryl methyl sites for hydroxylation is 1. The van der Waals surface area contributed by atoms with Crippen molar-refractivity contribution in [2.24, 2.45) is 0 Å². The summed E-state index contributed by atoms with van der Waals surface area (Å²) < 4.78 is 3.66. The van der Waals surface area contributed by atoms with Crippen LogP contribution >= 0.6 is 0 Å². The number of fused-ring (bicyclic) bond motifs is 1. The molecule has 0 fully saturated rings. The van der Waals surface area contributed by atoms with Crippen LogP contribution in [0.4, 0.5) is 5.82 Å². The Bertz CT molecular complexity index is 1030. The third-order valence-corrected chi connectivity index (χ3v) is 3.95. The first-order valence-corrected chi connectivity index (χ1v) is 8.03. The van der Waals surface area contributed by atoms with Crippen LogP contribution in [0.25, 0.3) is 11.3 Å². The molecule has 1 N–H and O–H groups in total. The molecule has 0 aliphatic rings. The van der Waals surface area contributed by atoms with Crippen molar-refractivity contribution in [2.75, 3.05) is 5.32 Å². The molecule has 6 nitrogen and oxygen atoms in total. The van der Waals surface area contributed by atoms with Crippen molar-refractivity contribution in [3.05, 3.63) is 78.4 Å². The molecule has 0 atom stereocenters. The van der Waals surface area contributed by atoms with Gasteiger partial charge in [-0.25, -0.2) is 9.67 Å². The van der Waals surface area contributed by atoms with Crippen molar-refractivity contribution < 1.29 is 4.79 Å². The normalized spacial score (nSPS) is 10.9. The molecule has 0 unspecified atom stereocenters. The van der Waals surface area contributed by atoms with Crippen molar-refractivity contribution in [2.45, 2.75) is 13.3 Å². The fraction of sp³-hybridized carbons (Fsp3) is 0.105. The predicted octanol–water partition coefficient (Wildman–Crippen LogP) is 3.01. The van der Waals surface area contributed by atoms with Crippen molar-refractivity contribution >= 4 is 17.4 Å². The van der Waals surface area contributed by atoms with E-state index in [2.05, 4.69) is 15.4 Å². The molecular formula is C19H17N5O. The highest BCUT2D eigenvalue weighted by Crippen LogP contribution is 2.12. The average Bonchev–Trinajstić information content (AvgIpc) is 3.23. The number of para-hydroxylation sites is 1. The van der Waals surface area contributed by atoms with Gasteiger partial charge in [0.1, 0.15) is 5.65 Å². The van der Waals surface area contributed by atoms with E-state index in [0.717, 1.165) is 22.6 Å². The monoisotopic (exact) mass is 331 g/mol. The zero-order chi connectivity index (χ0) is 17.2. The Hall–Kier alpha value is -3.41. The molecule has 0 bridgehead atoms. The van der Waals surface area contributed by atoms with Crippen LogP contribution < -0.4 is 5.32 Å². The number of aromatic nitrogens is 4. The number of rotatable bonds is 4. The Labute approximate surface area is 144 Å². The summed E-state index contributed by atoms with van der Waals surface area (Å²) in [5, 5.41) is 7.20. The van der Waals surface area contributed by atoms with Gasteiger partial charge in [0.25, 0.3) is 0 Å². The lowest BCUT2D eigenvalue weighted by molar-refractivity contribution is -0.115. The van der Waals surface area contributed by atoms with Crippen LogP contribution in [-0.4, -0.2) is 25.1 Å². The van der Waals surface area contributed by atoms with Gasteiger partial charge in [0.05, 0.1) is 17.8 Å². The summed E-state index contributed by atoms with van der Waals surface area (Å²) in [6.07, 6.45) is 5.83. The number of carbonyl (C=O) groups is 1. The van der Waals surface area contributed by atoms with Crippen molar-refractivity contribution in [3.63, 3.8) is 0 Å².